The van der Waals surface area contributed by atoms with Gasteiger partial charge in [-0.1, -0.05) is 78.9 Å². The first kappa shape index (κ1) is 30.9. The van der Waals surface area contributed by atoms with Crippen molar-refractivity contribution in [2.24, 2.45) is 0 Å². The molecule has 3 amide bonds. The molecule has 1 aliphatic rings. The quantitative estimate of drug-likeness (QED) is 0.193. The van der Waals surface area contributed by atoms with E-state index >= 15 is 0 Å². The molecule has 0 spiro atoms. The molecule has 228 valence electrons. The van der Waals surface area contributed by atoms with E-state index in [1.165, 1.54) is 6.92 Å². The fourth-order valence-corrected chi connectivity index (χ4v) is 5.85. The summed E-state index contributed by atoms with van der Waals surface area (Å²) in [6.07, 6.45) is -0.294. The minimum Gasteiger partial charge on any atom is -0.445 e. The Labute approximate surface area is 259 Å². The van der Waals surface area contributed by atoms with Crippen LogP contribution in [0, 0.1) is 0 Å². The summed E-state index contributed by atoms with van der Waals surface area (Å²) in [6, 6.07) is 23.6. The number of alkyl carbamates (subject to hydrolysis) is 1. The van der Waals surface area contributed by atoms with E-state index in [1.54, 1.807) is 18.3 Å². The first-order chi connectivity index (χ1) is 21.2. The normalized spacial score (nSPS) is 17.6. The Morgan fingerprint density at radius 1 is 0.818 bits per heavy atom. The Morgan fingerprint density at radius 2 is 1.43 bits per heavy atom. The molecule has 0 bridgehead atoms. The van der Waals surface area contributed by atoms with Crippen LogP contribution in [0.3, 0.4) is 0 Å². The van der Waals surface area contributed by atoms with Crippen molar-refractivity contribution in [1.82, 2.24) is 16.0 Å². The number of ether oxygens (including phenoxy) is 2. The monoisotopic (exact) mass is 613 g/mol. The van der Waals surface area contributed by atoms with Crippen molar-refractivity contribution in [3.05, 3.63) is 107 Å². The van der Waals surface area contributed by atoms with E-state index in [-0.39, 0.29) is 31.8 Å². The highest BCUT2D eigenvalue weighted by Gasteiger charge is 2.50. The molecule has 44 heavy (non-hydrogen) atoms. The molecule has 5 rings (SSSR count). The lowest BCUT2D eigenvalue weighted by Crippen LogP contribution is -2.57. The Kier molecular flexibility index (Phi) is 9.72. The maximum Gasteiger partial charge on any atom is 0.408 e. The second-order valence-corrected chi connectivity index (χ2v) is 12.0. The van der Waals surface area contributed by atoms with Crippen molar-refractivity contribution >= 4 is 45.1 Å². The summed E-state index contributed by atoms with van der Waals surface area (Å²) in [5, 5.41) is 11.2. The highest BCUT2D eigenvalue weighted by Crippen LogP contribution is 2.30. The van der Waals surface area contributed by atoms with E-state index in [0.29, 0.717) is 0 Å². The van der Waals surface area contributed by atoms with Crippen LogP contribution in [-0.2, 0) is 43.3 Å². The zero-order chi connectivity index (χ0) is 31.1. The third-order valence-electron chi connectivity index (χ3n) is 7.57. The Morgan fingerprint density at radius 3 is 2.11 bits per heavy atom. The second kappa shape index (κ2) is 13.8. The summed E-state index contributed by atoms with van der Waals surface area (Å²) in [4.78, 5) is 53.0. The number of benzene rings is 3. The number of ketones is 1. The van der Waals surface area contributed by atoms with E-state index in [4.69, 9.17) is 9.47 Å². The maximum absolute atomic E-state index is 13.9. The van der Waals surface area contributed by atoms with Crippen LogP contribution in [0.1, 0.15) is 30.5 Å². The van der Waals surface area contributed by atoms with Crippen molar-refractivity contribution in [2.45, 2.75) is 57.0 Å². The molecule has 4 atom stereocenters. The van der Waals surface area contributed by atoms with Gasteiger partial charge in [-0.2, -0.15) is 0 Å². The number of Topliss-reactive ketones (excluding diaryl/α,β-unsaturated/α-hetero) is 1. The van der Waals surface area contributed by atoms with Crippen LogP contribution in [0.25, 0.3) is 10.1 Å². The topological polar surface area (TPSA) is 126 Å². The average Bonchev–Trinajstić information content (AvgIpc) is 3.67. The molecule has 4 aromatic rings. The van der Waals surface area contributed by atoms with Gasteiger partial charge in [0.25, 0.3) is 0 Å². The lowest BCUT2D eigenvalue weighted by Gasteiger charge is -2.25. The number of nitrogens with one attached hydrogen (secondary N) is 3. The summed E-state index contributed by atoms with van der Waals surface area (Å²) < 4.78 is 11.7. The molecule has 3 N–H and O–H groups in total. The van der Waals surface area contributed by atoms with Gasteiger partial charge < -0.3 is 25.4 Å². The Bertz CT molecular complexity index is 1620. The number of hydrogen-bond donors (Lipinski definition) is 3. The second-order valence-electron chi connectivity index (χ2n) is 11.1. The smallest absolute Gasteiger partial charge is 0.408 e. The third kappa shape index (κ3) is 7.89. The number of hydrogen-bond acceptors (Lipinski definition) is 7. The van der Waals surface area contributed by atoms with Gasteiger partial charge >= 0.3 is 6.09 Å². The first-order valence-corrected chi connectivity index (χ1v) is 15.3. The Hall–Kier alpha value is -4.54. The molecule has 0 saturated carbocycles. The molecular weight excluding hydrogens is 578 g/mol. The average molecular weight is 614 g/mol. The third-order valence-corrected chi connectivity index (χ3v) is 8.59. The highest BCUT2D eigenvalue weighted by molar-refractivity contribution is 7.17. The fourth-order valence-electron chi connectivity index (χ4n) is 4.87. The van der Waals surface area contributed by atoms with E-state index < -0.39 is 41.6 Å². The predicted molar refractivity (Wildman–Crippen MR) is 168 cm³/mol. The van der Waals surface area contributed by atoms with Crippen molar-refractivity contribution in [3.63, 3.8) is 0 Å². The van der Waals surface area contributed by atoms with Crippen molar-refractivity contribution in [2.75, 3.05) is 6.61 Å². The lowest BCUT2D eigenvalue weighted by atomic mass is 9.94. The molecular formula is C34H35N3O6S. The molecule has 3 aromatic carbocycles. The molecule has 1 aromatic heterocycles. The van der Waals surface area contributed by atoms with Crippen molar-refractivity contribution in [1.29, 1.82) is 0 Å². The van der Waals surface area contributed by atoms with Crippen LogP contribution in [0.4, 0.5) is 4.79 Å². The highest BCUT2D eigenvalue weighted by atomic mass is 32.1. The molecule has 1 fully saturated rings. The molecule has 0 radical (unpaired) electrons. The first-order valence-electron chi connectivity index (χ1n) is 14.5. The molecule has 1 aliphatic heterocycles. The molecule has 0 unspecified atom stereocenters. The number of carbonyl (C=O) groups excluding carboxylic acids is 4. The van der Waals surface area contributed by atoms with Crippen LogP contribution in [-0.4, -0.2) is 54.0 Å². The number of carbonyl (C=O) groups is 4. The summed E-state index contributed by atoms with van der Waals surface area (Å²) in [7, 11) is 0. The summed E-state index contributed by atoms with van der Waals surface area (Å²) in [6.45, 7) is 3.57. The van der Waals surface area contributed by atoms with Gasteiger partial charge in [0.15, 0.2) is 5.78 Å². The summed E-state index contributed by atoms with van der Waals surface area (Å²) in [5.74, 6) is -1.30. The predicted octanol–water partition coefficient (Wildman–Crippen LogP) is 4.33. The van der Waals surface area contributed by atoms with Crippen molar-refractivity contribution < 1.29 is 28.7 Å². The maximum atomic E-state index is 13.9. The summed E-state index contributed by atoms with van der Waals surface area (Å²) in [5.41, 5.74) is 1.63. The zero-order valence-electron chi connectivity index (χ0n) is 24.6. The van der Waals surface area contributed by atoms with Crippen LogP contribution < -0.4 is 16.0 Å². The van der Waals surface area contributed by atoms with Gasteiger partial charge in [0, 0.05) is 11.1 Å². The zero-order valence-corrected chi connectivity index (χ0v) is 25.4. The molecule has 1 saturated heterocycles. The Balaban J connectivity index is 1.31. The van der Waals surface area contributed by atoms with Crippen LogP contribution in [0.5, 0.6) is 0 Å². The van der Waals surface area contributed by atoms with E-state index in [1.807, 2.05) is 90.3 Å². The van der Waals surface area contributed by atoms with E-state index in [2.05, 4.69) is 16.0 Å². The minimum absolute atomic E-state index is 0.0523. The van der Waals surface area contributed by atoms with Crippen LogP contribution >= 0.6 is 11.3 Å². The number of thiophene rings is 1. The molecule has 2 heterocycles. The van der Waals surface area contributed by atoms with Gasteiger partial charge in [-0.25, -0.2) is 4.79 Å². The van der Waals surface area contributed by atoms with Crippen LogP contribution in [0.2, 0.25) is 0 Å². The number of rotatable bonds is 13. The molecule has 10 heteroatoms. The largest absolute Gasteiger partial charge is 0.445 e. The van der Waals surface area contributed by atoms with Gasteiger partial charge in [-0.05, 0) is 53.8 Å². The SMILES string of the molecule is C[C@H](NC(=O)OCc1ccccc1)C(=O)N[C@@H](Cc1csc2ccccc12)C(=O)N[C@@H](Cc1ccccc1)C(=O)[C@]1(C)CO1. The van der Waals surface area contributed by atoms with Crippen LogP contribution in [0.15, 0.2) is 90.3 Å². The minimum atomic E-state index is -1.02. The van der Waals surface area contributed by atoms with E-state index in [9.17, 15) is 19.2 Å². The van der Waals surface area contributed by atoms with Crippen molar-refractivity contribution in [3.8, 4) is 0 Å². The van der Waals surface area contributed by atoms with Gasteiger partial charge in [0.2, 0.25) is 11.8 Å². The van der Waals surface area contributed by atoms with Gasteiger partial charge in [0.05, 0.1) is 12.6 Å². The standard InChI is InChI=1S/C34H35N3O6S/c1-22(35-33(41)42-19-24-13-7-4-8-14-24)31(39)37-28(18-25-20-44-29-16-10-9-15-26(25)29)32(40)36-27(30(38)34(2)21-43-34)17-23-11-5-3-6-12-23/h3-16,20,22,27-28H,17-19,21H2,1-2H3,(H,35,41)(H,36,40)(H,37,39)/t22-,27-,28-,34-/m0/s1. The fraction of sp³-hybridized carbons (Fsp3) is 0.294. The molecule has 9 nitrogen and oxygen atoms in total. The number of amides is 3. The number of epoxide rings is 1. The lowest BCUT2D eigenvalue weighted by molar-refractivity contribution is -0.133. The van der Waals surface area contributed by atoms with Gasteiger partial charge in [0.1, 0.15) is 24.3 Å². The summed E-state index contributed by atoms with van der Waals surface area (Å²) >= 11 is 1.55. The van der Waals surface area contributed by atoms with E-state index in [0.717, 1.165) is 26.8 Å². The van der Waals surface area contributed by atoms with Gasteiger partial charge in [-0.3, -0.25) is 14.4 Å². The molecule has 0 aliphatic carbocycles. The number of fused-ring (bicyclic) bond motifs is 1. The van der Waals surface area contributed by atoms with Gasteiger partial charge in [-0.15, -0.1) is 11.3 Å².